The van der Waals surface area contributed by atoms with Crippen molar-refractivity contribution in [2.75, 3.05) is 13.1 Å². The lowest BCUT2D eigenvalue weighted by Crippen LogP contribution is -2.33. The molecule has 0 amide bonds. The molecule has 1 aromatic carbocycles. The van der Waals surface area contributed by atoms with Gasteiger partial charge in [0.1, 0.15) is 5.82 Å². The van der Waals surface area contributed by atoms with E-state index in [0.717, 1.165) is 6.42 Å². The molecule has 0 aliphatic carbocycles. The number of nitrogens with zero attached hydrogens (tertiary/aromatic N) is 3. The molecular formula is C16H20FN3O3. The number of halogens is 1. The molecule has 7 heteroatoms. The number of carbonyl (C=O) groups is 1. The van der Waals surface area contributed by atoms with Crippen LogP contribution in [-0.2, 0) is 4.79 Å². The lowest BCUT2D eigenvalue weighted by atomic mass is 10.1. The average molecular weight is 321 g/mol. The van der Waals surface area contributed by atoms with Gasteiger partial charge in [-0.2, -0.15) is 4.98 Å². The van der Waals surface area contributed by atoms with Crippen molar-refractivity contribution < 1.29 is 18.8 Å². The van der Waals surface area contributed by atoms with Crippen molar-refractivity contribution in [1.82, 2.24) is 15.0 Å². The lowest BCUT2D eigenvalue weighted by Gasteiger charge is -2.23. The van der Waals surface area contributed by atoms with Crippen LogP contribution in [0.4, 0.5) is 4.39 Å². The van der Waals surface area contributed by atoms with Crippen molar-refractivity contribution in [2.45, 2.75) is 33.2 Å². The molecule has 0 bridgehead atoms. The Morgan fingerprint density at radius 3 is 2.83 bits per heavy atom. The van der Waals surface area contributed by atoms with Gasteiger partial charge >= 0.3 is 5.97 Å². The Hall–Kier alpha value is -2.28. The van der Waals surface area contributed by atoms with Crippen molar-refractivity contribution in [2.24, 2.45) is 0 Å². The minimum atomic E-state index is -0.911. The maximum Gasteiger partial charge on any atom is 0.317 e. The number of aromatic nitrogens is 2. The highest BCUT2D eigenvalue weighted by Crippen LogP contribution is 2.23. The first kappa shape index (κ1) is 17.1. The lowest BCUT2D eigenvalue weighted by molar-refractivity contribution is -0.139. The van der Waals surface area contributed by atoms with Gasteiger partial charge in [-0.05, 0) is 38.4 Å². The topological polar surface area (TPSA) is 79.5 Å². The molecule has 1 atom stereocenters. The molecule has 2 rings (SSSR count). The molecule has 6 nitrogen and oxygen atoms in total. The van der Waals surface area contributed by atoms with Crippen molar-refractivity contribution in [3.63, 3.8) is 0 Å². The predicted octanol–water partition coefficient (Wildman–Crippen LogP) is 3.04. The summed E-state index contributed by atoms with van der Waals surface area (Å²) in [6.45, 7) is 5.95. The molecule has 0 aliphatic rings. The summed E-state index contributed by atoms with van der Waals surface area (Å²) in [5.41, 5.74) is 1.07. The molecule has 0 aliphatic heterocycles. The van der Waals surface area contributed by atoms with Gasteiger partial charge in [0.2, 0.25) is 11.7 Å². The van der Waals surface area contributed by atoms with E-state index in [2.05, 4.69) is 10.1 Å². The van der Waals surface area contributed by atoms with Crippen LogP contribution in [0.5, 0.6) is 0 Å². The van der Waals surface area contributed by atoms with E-state index < -0.39 is 5.97 Å². The molecule has 1 N–H and O–H groups in total. The van der Waals surface area contributed by atoms with Crippen LogP contribution >= 0.6 is 0 Å². The third-order valence-electron chi connectivity index (χ3n) is 3.63. The van der Waals surface area contributed by atoms with Gasteiger partial charge in [-0.3, -0.25) is 9.69 Å². The Morgan fingerprint density at radius 2 is 2.22 bits per heavy atom. The summed E-state index contributed by atoms with van der Waals surface area (Å²) < 4.78 is 18.9. The second-order valence-corrected chi connectivity index (χ2v) is 5.46. The van der Waals surface area contributed by atoms with E-state index in [1.165, 1.54) is 6.07 Å². The first-order valence-electron chi connectivity index (χ1n) is 7.48. The van der Waals surface area contributed by atoms with Gasteiger partial charge in [-0.25, -0.2) is 4.39 Å². The summed E-state index contributed by atoms with van der Waals surface area (Å²) in [4.78, 5) is 17.0. The molecular weight excluding hydrogens is 301 g/mol. The smallest absolute Gasteiger partial charge is 0.317 e. The van der Waals surface area contributed by atoms with E-state index in [1.807, 2.05) is 13.8 Å². The standard InChI is InChI=1S/C16H20FN3O3/c1-4-7-20(9-14(21)22)11(3)16-18-15(19-23-16)12-6-5-10(2)13(17)8-12/h5-6,8,11H,4,7,9H2,1-3H3,(H,21,22). The van der Waals surface area contributed by atoms with Gasteiger partial charge in [-0.1, -0.05) is 24.2 Å². The number of rotatable bonds is 7. The van der Waals surface area contributed by atoms with Crippen LogP contribution in [0, 0.1) is 12.7 Å². The Balaban J connectivity index is 2.22. The molecule has 0 saturated carbocycles. The van der Waals surface area contributed by atoms with E-state index >= 15 is 0 Å². The Kier molecular flexibility index (Phi) is 5.44. The van der Waals surface area contributed by atoms with Gasteiger partial charge in [0, 0.05) is 5.56 Å². The highest BCUT2D eigenvalue weighted by molar-refractivity contribution is 5.69. The highest BCUT2D eigenvalue weighted by Gasteiger charge is 2.23. The SMILES string of the molecule is CCCN(CC(=O)O)C(C)c1nc(-c2ccc(C)c(F)c2)no1. The zero-order valence-electron chi connectivity index (χ0n) is 13.4. The van der Waals surface area contributed by atoms with Gasteiger partial charge in [0.05, 0.1) is 12.6 Å². The summed E-state index contributed by atoms with van der Waals surface area (Å²) in [5, 5.41) is 12.9. The van der Waals surface area contributed by atoms with Crippen LogP contribution in [0.2, 0.25) is 0 Å². The molecule has 2 aromatic rings. The van der Waals surface area contributed by atoms with Gasteiger partial charge in [0.25, 0.3) is 0 Å². The first-order chi connectivity index (χ1) is 10.9. The maximum absolute atomic E-state index is 13.6. The quantitative estimate of drug-likeness (QED) is 0.844. The third kappa shape index (κ3) is 4.13. The van der Waals surface area contributed by atoms with Crippen LogP contribution in [0.1, 0.15) is 37.8 Å². The maximum atomic E-state index is 13.6. The minimum Gasteiger partial charge on any atom is -0.480 e. The molecule has 0 saturated heterocycles. The van der Waals surface area contributed by atoms with Crippen LogP contribution in [0.15, 0.2) is 22.7 Å². The summed E-state index contributed by atoms with van der Waals surface area (Å²) in [6, 6.07) is 4.40. The van der Waals surface area contributed by atoms with Gasteiger partial charge < -0.3 is 9.63 Å². The van der Waals surface area contributed by atoms with Gasteiger partial charge in [-0.15, -0.1) is 0 Å². The Morgan fingerprint density at radius 1 is 1.48 bits per heavy atom. The summed E-state index contributed by atoms with van der Waals surface area (Å²) in [6.07, 6.45) is 0.807. The summed E-state index contributed by atoms with van der Waals surface area (Å²) >= 11 is 0. The normalized spacial score (nSPS) is 12.6. The molecule has 0 fully saturated rings. The van der Waals surface area contributed by atoms with Crippen molar-refractivity contribution in [1.29, 1.82) is 0 Å². The van der Waals surface area contributed by atoms with E-state index in [0.29, 0.717) is 23.6 Å². The largest absolute Gasteiger partial charge is 0.480 e. The third-order valence-corrected chi connectivity index (χ3v) is 3.63. The van der Waals surface area contributed by atoms with Crippen molar-refractivity contribution in [3.8, 4) is 11.4 Å². The molecule has 0 spiro atoms. The van der Waals surface area contributed by atoms with Crippen molar-refractivity contribution in [3.05, 3.63) is 35.5 Å². The second-order valence-electron chi connectivity index (χ2n) is 5.46. The zero-order chi connectivity index (χ0) is 17.0. The monoisotopic (exact) mass is 321 g/mol. The number of carboxylic acid groups (broad SMARTS) is 1. The van der Waals surface area contributed by atoms with E-state index in [9.17, 15) is 9.18 Å². The van der Waals surface area contributed by atoms with E-state index in [4.69, 9.17) is 9.63 Å². The van der Waals surface area contributed by atoms with Crippen LogP contribution < -0.4 is 0 Å². The summed E-state index contributed by atoms with van der Waals surface area (Å²) in [7, 11) is 0. The highest BCUT2D eigenvalue weighted by atomic mass is 19.1. The number of aliphatic carboxylic acids is 1. The van der Waals surface area contributed by atoms with E-state index in [-0.39, 0.29) is 24.2 Å². The molecule has 1 unspecified atom stereocenters. The fourth-order valence-electron chi connectivity index (χ4n) is 2.28. The van der Waals surface area contributed by atoms with Crippen LogP contribution in [0.3, 0.4) is 0 Å². The predicted molar refractivity (Wildman–Crippen MR) is 82.3 cm³/mol. The van der Waals surface area contributed by atoms with Crippen molar-refractivity contribution >= 4 is 5.97 Å². The molecule has 1 aromatic heterocycles. The van der Waals surface area contributed by atoms with Gasteiger partial charge in [0.15, 0.2) is 0 Å². The molecule has 23 heavy (non-hydrogen) atoms. The van der Waals surface area contributed by atoms with E-state index in [1.54, 1.807) is 24.0 Å². The zero-order valence-corrected chi connectivity index (χ0v) is 13.4. The number of aryl methyl sites for hydroxylation is 1. The first-order valence-corrected chi connectivity index (χ1v) is 7.48. The number of hydrogen-bond acceptors (Lipinski definition) is 5. The summed E-state index contributed by atoms with van der Waals surface area (Å²) in [5.74, 6) is -0.640. The Labute approximate surface area is 133 Å². The average Bonchev–Trinajstić information content (AvgIpc) is 2.98. The fraction of sp³-hybridized carbons (Fsp3) is 0.438. The number of benzene rings is 1. The second kappa shape index (κ2) is 7.32. The fourth-order valence-corrected chi connectivity index (χ4v) is 2.28. The molecule has 124 valence electrons. The van der Waals surface area contributed by atoms with Crippen LogP contribution in [0.25, 0.3) is 11.4 Å². The molecule has 0 radical (unpaired) electrons. The Bertz CT molecular complexity index is 687. The molecule has 1 heterocycles. The minimum absolute atomic E-state index is 0.105. The number of hydrogen-bond donors (Lipinski definition) is 1. The van der Waals surface area contributed by atoms with Crippen LogP contribution in [-0.4, -0.2) is 39.2 Å². The number of carboxylic acids is 1.